The maximum atomic E-state index is 11.9. The number of halogens is 2. The molecule has 0 aliphatic rings. The van der Waals surface area contributed by atoms with E-state index in [0.717, 1.165) is 4.68 Å². The Balaban J connectivity index is 2.81. The molecule has 0 amide bonds. The number of alkyl halides is 1. The van der Waals surface area contributed by atoms with Crippen LogP contribution >= 0.6 is 27.5 Å². The van der Waals surface area contributed by atoms with E-state index < -0.39 is 20.8 Å². The highest BCUT2D eigenvalue weighted by molar-refractivity contribution is 9.10. The number of carbonyl (C=O) groups is 1. The van der Waals surface area contributed by atoms with Gasteiger partial charge in [0, 0.05) is 13.6 Å². The molecule has 1 aromatic rings. The van der Waals surface area contributed by atoms with Gasteiger partial charge >= 0.3 is 5.97 Å². The van der Waals surface area contributed by atoms with Gasteiger partial charge in [-0.15, -0.1) is 0 Å². The average Bonchev–Trinajstić information content (AvgIpc) is 2.65. The number of esters is 1. The van der Waals surface area contributed by atoms with E-state index in [-0.39, 0.29) is 16.6 Å². The van der Waals surface area contributed by atoms with Crippen molar-refractivity contribution in [3.63, 3.8) is 0 Å². The van der Waals surface area contributed by atoms with Crippen molar-refractivity contribution in [1.29, 1.82) is 0 Å². The number of nitrogens with zero attached hydrogens (tertiary/aromatic N) is 2. The summed E-state index contributed by atoms with van der Waals surface area (Å²) < 4.78 is 31.7. The SMILES string of the molecule is COC(=O)C(Br)CNS(=O)(=O)c1c(Cl)cnn1C. The Bertz CT molecular complexity index is 525. The number of methoxy groups -OCH3 is 1. The van der Waals surface area contributed by atoms with Crippen molar-refractivity contribution in [1.82, 2.24) is 14.5 Å². The van der Waals surface area contributed by atoms with Gasteiger partial charge in [-0.1, -0.05) is 27.5 Å². The second-order valence-electron chi connectivity index (χ2n) is 3.26. The molecule has 7 nitrogen and oxygen atoms in total. The van der Waals surface area contributed by atoms with Crippen molar-refractivity contribution >= 4 is 43.5 Å². The molecule has 0 saturated carbocycles. The number of ether oxygens (including phenoxy) is 1. The van der Waals surface area contributed by atoms with Gasteiger partial charge in [0.2, 0.25) is 0 Å². The van der Waals surface area contributed by atoms with Crippen molar-refractivity contribution in [3.05, 3.63) is 11.2 Å². The predicted octanol–water partition coefficient (Wildman–Crippen LogP) is 0.288. The third-order valence-electron chi connectivity index (χ3n) is 2.01. The summed E-state index contributed by atoms with van der Waals surface area (Å²) in [4.78, 5) is 10.3. The van der Waals surface area contributed by atoms with Gasteiger partial charge in [0.1, 0.15) is 4.83 Å². The Morgan fingerprint density at radius 1 is 1.72 bits per heavy atom. The number of hydrogen-bond acceptors (Lipinski definition) is 5. The maximum Gasteiger partial charge on any atom is 0.320 e. The first-order valence-corrected chi connectivity index (χ1v) is 7.46. The molecule has 0 fully saturated rings. The smallest absolute Gasteiger partial charge is 0.320 e. The Kier molecular flexibility index (Phi) is 5.14. The molecule has 10 heteroatoms. The summed E-state index contributed by atoms with van der Waals surface area (Å²) in [5.74, 6) is -0.575. The van der Waals surface area contributed by atoms with Gasteiger partial charge < -0.3 is 4.74 Å². The van der Waals surface area contributed by atoms with E-state index in [1.807, 2.05) is 0 Å². The molecule has 1 rings (SSSR count). The summed E-state index contributed by atoms with van der Waals surface area (Å²) in [6.07, 6.45) is 1.22. The van der Waals surface area contributed by atoms with Gasteiger partial charge in [-0.3, -0.25) is 9.48 Å². The number of aryl methyl sites for hydroxylation is 1. The zero-order chi connectivity index (χ0) is 13.9. The topological polar surface area (TPSA) is 90.3 Å². The van der Waals surface area contributed by atoms with Crippen LogP contribution in [0, 0.1) is 0 Å². The quantitative estimate of drug-likeness (QED) is 0.602. The third kappa shape index (κ3) is 3.44. The zero-order valence-electron chi connectivity index (χ0n) is 9.55. The van der Waals surface area contributed by atoms with Crippen LogP contribution in [0.15, 0.2) is 11.2 Å². The predicted molar refractivity (Wildman–Crippen MR) is 68.1 cm³/mol. The van der Waals surface area contributed by atoms with Crippen LogP contribution < -0.4 is 4.72 Å². The van der Waals surface area contributed by atoms with Crippen LogP contribution in [0.25, 0.3) is 0 Å². The first kappa shape index (κ1) is 15.4. The van der Waals surface area contributed by atoms with E-state index in [1.165, 1.54) is 20.4 Å². The fourth-order valence-electron chi connectivity index (χ4n) is 1.16. The highest BCUT2D eigenvalue weighted by Gasteiger charge is 2.25. The van der Waals surface area contributed by atoms with Crippen LogP contribution in [0.2, 0.25) is 5.02 Å². The number of sulfonamides is 1. The summed E-state index contributed by atoms with van der Waals surface area (Å²) in [6.45, 7) is -0.156. The Morgan fingerprint density at radius 2 is 2.33 bits per heavy atom. The summed E-state index contributed by atoms with van der Waals surface area (Å²) in [5, 5.41) is 3.57. The van der Waals surface area contributed by atoms with Gasteiger partial charge in [0.25, 0.3) is 10.0 Å². The monoisotopic (exact) mass is 359 g/mol. The summed E-state index contributed by atoms with van der Waals surface area (Å²) in [5.41, 5.74) is 0. The molecule has 0 bridgehead atoms. The molecule has 1 aromatic heterocycles. The van der Waals surface area contributed by atoms with Crippen molar-refractivity contribution in [2.75, 3.05) is 13.7 Å². The fraction of sp³-hybridized carbons (Fsp3) is 0.500. The van der Waals surface area contributed by atoms with Crippen molar-refractivity contribution in [2.45, 2.75) is 9.85 Å². The highest BCUT2D eigenvalue weighted by atomic mass is 79.9. The third-order valence-corrected chi connectivity index (χ3v) is 4.63. The van der Waals surface area contributed by atoms with Crippen LogP contribution in [0.4, 0.5) is 0 Å². The second kappa shape index (κ2) is 6.00. The number of nitrogens with one attached hydrogen (secondary N) is 1. The molecule has 0 aliphatic carbocycles. The lowest BCUT2D eigenvalue weighted by atomic mass is 10.4. The second-order valence-corrected chi connectivity index (χ2v) is 6.46. The minimum absolute atomic E-state index is 0.00851. The number of aromatic nitrogens is 2. The number of hydrogen-bond donors (Lipinski definition) is 1. The molecule has 1 N–H and O–H groups in total. The largest absolute Gasteiger partial charge is 0.468 e. The van der Waals surface area contributed by atoms with Gasteiger partial charge in [-0.25, -0.2) is 13.1 Å². The number of carbonyl (C=O) groups excluding carboxylic acids is 1. The Labute approximate surface area is 118 Å². The minimum Gasteiger partial charge on any atom is -0.468 e. The van der Waals surface area contributed by atoms with E-state index in [4.69, 9.17) is 11.6 Å². The Morgan fingerprint density at radius 3 is 2.78 bits per heavy atom. The van der Waals surface area contributed by atoms with Crippen molar-refractivity contribution in [2.24, 2.45) is 7.05 Å². The molecule has 1 heterocycles. The molecule has 18 heavy (non-hydrogen) atoms. The molecule has 0 aliphatic heterocycles. The van der Waals surface area contributed by atoms with Crippen LogP contribution in [-0.4, -0.2) is 42.6 Å². The first-order valence-electron chi connectivity index (χ1n) is 4.68. The van der Waals surface area contributed by atoms with E-state index >= 15 is 0 Å². The number of rotatable bonds is 5. The van der Waals surface area contributed by atoms with E-state index in [2.05, 4.69) is 30.5 Å². The summed E-state index contributed by atoms with van der Waals surface area (Å²) in [7, 11) is -1.17. The van der Waals surface area contributed by atoms with Gasteiger partial charge in [-0.2, -0.15) is 5.10 Å². The van der Waals surface area contributed by atoms with Gasteiger partial charge in [0.15, 0.2) is 5.03 Å². The Hall–Kier alpha value is -0.640. The van der Waals surface area contributed by atoms with Crippen LogP contribution in [0.3, 0.4) is 0 Å². The van der Waals surface area contributed by atoms with Gasteiger partial charge in [0.05, 0.1) is 18.3 Å². The molecule has 0 saturated heterocycles. The van der Waals surface area contributed by atoms with Crippen LogP contribution in [0.5, 0.6) is 0 Å². The van der Waals surface area contributed by atoms with E-state index in [1.54, 1.807) is 0 Å². The maximum absolute atomic E-state index is 11.9. The lowest BCUT2D eigenvalue weighted by molar-refractivity contribution is -0.139. The van der Waals surface area contributed by atoms with Crippen molar-refractivity contribution < 1.29 is 17.9 Å². The zero-order valence-corrected chi connectivity index (χ0v) is 12.7. The van der Waals surface area contributed by atoms with Crippen molar-refractivity contribution in [3.8, 4) is 0 Å². The summed E-state index contributed by atoms with van der Waals surface area (Å²) >= 11 is 8.73. The molecular formula is C8H11BrClN3O4S. The molecule has 1 atom stereocenters. The fourth-order valence-corrected chi connectivity index (χ4v) is 3.43. The first-order chi connectivity index (χ1) is 8.29. The lowest BCUT2D eigenvalue weighted by Crippen LogP contribution is -2.34. The molecule has 0 spiro atoms. The molecule has 0 aromatic carbocycles. The van der Waals surface area contributed by atoms with Gasteiger partial charge in [-0.05, 0) is 0 Å². The molecule has 0 radical (unpaired) electrons. The van der Waals surface area contributed by atoms with Crippen LogP contribution in [-0.2, 0) is 26.6 Å². The molecular weight excluding hydrogens is 350 g/mol. The highest BCUT2D eigenvalue weighted by Crippen LogP contribution is 2.19. The molecule has 1 unspecified atom stereocenters. The minimum atomic E-state index is -3.83. The van der Waals surface area contributed by atoms with Crippen LogP contribution in [0.1, 0.15) is 0 Å². The normalized spacial score (nSPS) is 13.3. The lowest BCUT2D eigenvalue weighted by Gasteiger charge is -2.10. The average molecular weight is 361 g/mol. The molecule has 102 valence electrons. The summed E-state index contributed by atoms with van der Waals surface area (Å²) in [6, 6.07) is 0. The van der Waals surface area contributed by atoms with E-state index in [0.29, 0.717) is 0 Å². The standard InChI is InChI=1S/C8H11BrClN3O4S/c1-13-7(6(10)4-11-13)18(15,16)12-3-5(9)8(14)17-2/h4-5,12H,3H2,1-2H3. The van der Waals surface area contributed by atoms with E-state index in [9.17, 15) is 13.2 Å².